The van der Waals surface area contributed by atoms with Crippen LogP contribution in [-0.4, -0.2) is 29.6 Å². The highest BCUT2D eigenvalue weighted by atomic mass is 35.5. The lowest BCUT2D eigenvalue weighted by Gasteiger charge is -2.19. The Kier molecular flexibility index (Phi) is 6.77. The van der Waals surface area contributed by atoms with Crippen LogP contribution in [0, 0.1) is 12.7 Å². The van der Waals surface area contributed by atoms with Crippen LogP contribution in [0.5, 0.6) is 0 Å². The van der Waals surface area contributed by atoms with Gasteiger partial charge in [0.15, 0.2) is 5.82 Å². The zero-order valence-electron chi connectivity index (χ0n) is 19.9. The third-order valence-corrected chi connectivity index (χ3v) is 7.86. The van der Waals surface area contributed by atoms with Gasteiger partial charge in [0.1, 0.15) is 6.54 Å². The maximum absolute atomic E-state index is 15.4. The van der Waals surface area contributed by atoms with Crippen molar-refractivity contribution in [2.24, 2.45) is 0 Å². The minimum absolute atomic E-state index is 0.000996. The SMILES string of the molecule is CCOC(=O)c1cccc(Sc2c(C)n(CC(=O)N3CCc4ccccc43)c3c(F)c(Cl)ccc23)c1. The molecular formula is C28H24ClFN2O3S. The number of aromatic nitrogens is 1. The monoisotopic (exact) mass is 522 g/mol. The molecule has 1 aliphatic rings. The molecule has 5 rings (SSSR count). The molecule has 5 nitrogen and oxygen atoms in total. The maximum atomic E-state index is 15.4. The number of benzene rings is 3. The molecule has 0 bridgehead atoms. The molecule has 0 radical (unpaired) electrons. The van der Waals surface area contributed by atoms with Crippen molar-refractivity contribution in [3.63, 3.8) is 0 Å². The fourth-order valence-electron chi connectivity index (χ4n) is 4.64. The second-order valence-electron chi connectivity index (χ2n) is 8.53. The van der Waals surface area contributed by atoms with Gasteiger partial charge in [-0.05, 0) is 62.2 Å². The molecule has 4 aromatic rings. The van der Waals surface area contributed by atoms with Gasteiger partial charge >= 0.3 is 5.97 Å². The Labute approximate surface area is 217 Å². The zero-order chi connectivity index (χ0) is 25.4. The maximum Gasteiger partial charge on any atom is 0.338 e. The van der Waals surface area contributed by atoms with Crippen LogP contribution in [0.1, 0.15) is 28.5 Å². The molecule has 1 aromatic heterocycles. The first-order chi connectivity index (χ1) is 17.4. The molecule has 8 heteroatoms. The molecule has 0 N–H and O–H groups in total. The van der Waals surface area contributed by atoms with E-state index in [-0.39, 0.29) is 17.5 Å². The van der Waals surface area contributed by atoms with E-state index < -0.39 is 11.8 Å². The van der Waals surface area contributed by atoms with Gasteiger partial charge in [-0.2, -0.15) is 0 Å². The van der Waals surface area contributed by atoms with Crippen molar-refractivity contribution in [1.82, 2.24) is 4.57 Å². The number of anilines is 1. The predicted molar refractivity (Wildman–Crippen MR) is 141 cm³/mol. The number of fused-ring (bicyclic) bond motifs is 2. The lowest BCUT2D eigenvalue weighted by atomic mass is 10.2. The second-order valence-corrected chi connectivity index (χ2v) is 10.0. The van der Waals surface area contributed by atoms with Crippen LogP contribution in [0.25, 0.3) is 10.9 Å². The van der Waals surface area contributed by atoms with Gasteiger partial charge in [-0.25, -0.2) is 9.18 Å². The molecule has 0 saturated carbocycles. The zero-order valence-corrected chi connectivity index (χ0v) is 21.5. The molecule has 0 fully saturated rings. The molecule has 0 spiro atoms. The van der Waals surface area contributed by atoms with Gasteiger partial charge in [0, 0.05) is 33.1 Å². The number of hydrogen-bond donors (Lipinski definition) is 0. The second kappa shape index (κ2) is 9.99. The topological polar surface area (TPSA) is 51.5 Å². The van der Waals surface area contributed by atoms with Crippen molar-refractivity contribution < 1.29 is 18.7 Å². The van der Waals surface area contributed by atoms with Gasteiger partial charge in [-0.15, -0.1) is 0 Å². The largest absolute Gasteiger partial charge is 0.462 e. The van der Waals surface area contributed by atoms with Gasteiger partial charge in [-0.1, -0.05) is 47.6 Å². The highest BCUT2D eigenvalue weighted by Gasteiger charge is 2.27. The molecule has 0 aliphatic carbocycles. The Bertz CT molecular complexity index is 1500. The highest BCUT2D eigenvalue weighted by molar-refractivity contribution is 7.99. The van der Waals surface area contributed by atoms with Gasteiger partial charge in [0.25, 0.3) is 0 Å². The summed E-state index contributed by atoms with van der Waals surface area (Å²) in [5.41, 5.74) is 3.52. The van der Waals surface area contributed by atoms with Gasteiger partial charge in [0.2, 0.25) is 5.91 Å². The van der Waals surface area contributed by atoms with Crippen molar-refractivity contribution in [3.8, 4) is 0 Å². The summed E-state index contributed by atoms with van der Waals surface area (Å²) >= 11 is 7.57. The standard InChI is InChI=1S/C28H24ClFN2O3S/c1-3-35-28(34)19-8-6-9-20(15-19)36-27-17(2)32(26-21(27)11-12-22(29)25(26)30)16-24(33)31-14-13-18-7-4-5-10-23(18)31/h4-12,15H,3,13-14,16H2,1-2H3. The molecule has 0 saturated heterocycles. The van der Waals surface area contributed by atoms with Crippen molar-refractivity contribution in [2.75, 3.05) is 18.1 Å². The average molecular weight is 523 g/mol. The fraction of sp³-hybridized carbons (Fsp3) is 0.214. The third-order valence-electron chi connectivity index (χ3n) is 6.36. The molecule has 1 amide bonds. The van der Waals surface area contributed by atoms with E-state index in [2.05, 4.69) is 0 Å². The minimum Gasteiger partial charge on any atom is -0.462 e. The lowest BCUT2D eigenvalue weighted by molar-refractivity contribution is -0.119. The van der Waals surface area contributed by atoms with Crippen LogP contribution in [-0.2, 0) is 22.5 Å². The number of esters is 1. The minimum atomic E-state index is -0.556. The van der Waals surface area contributed by atoms with Crippen LogP contribution in [0.3, 0.4) is 0 Å². The summed E-state index contributed by atoms with van der Waals surface area (Å²) in [5.74, 6) is -1.06. The molecule has 0 unspecified atom stereocenters. The van der Waals surface area contributed by atoms with Crippen LogP contribution in [0.4, 0.5) is 10.1 Å². The predicted octanol–water partition coefficient (Wildman–Crippen LogP) is 6.66. The van der Waals surface area contributed by atoms with E-state index in [1.54, 1.807) is 40.7 Å². The smallest absolute Gasteiger partial charge is 0.338 e. The van der Waals surface area contributed by atoms with E-state index in [0.29, 0.717) is 29.6 Å². The number of para-hydroxylation sites is 1. The first-order valence-electron chi connectivity index (χ1n) is 11.7. The van der Waals surface area contributed by atoms with E-state index in [0.717, 1.165) is 33.2 Å². The van der Waals surface area contributed by atoms with E-state index in [4.69, 9.17) is 16.3 Å². The van der Waals surface area contributed by atoms with E-state index in [1.807, 2.05) is 37.3 Å². The number of carbonyl (C=O) groups excluding carboxylic acids is 2. The molecule has 3 aromatic carbocycles. The Morgan fingerprint density at radius 1 is 1.11 bits per heavy atom. The summed E-state index contributed by atoms with van der Waals surface area (Å²) < 4.78 is 22.2. The quantitative estimate of drug-likeness (QED) is 0.266. The Balaban J connectivity index is 1.53. The third kappa shape index (κ3) is 4.38. The van der Waals surface area contributed by atoms with Gasteiger partial charge in [-0.3, -0.25) is 4.79 Å². The Hall–Kier alpha value is -3.29. The molecule has 2 heterocycles. The summed E-state index contributed by atoms with van der Waals surface area (Å²) in [6.45, 7) is 4.50. The van der Waals surface area contributed by atoms with Crippen LogP contribution < -0.4 is 4.90 Å². The highest BCUT2D eigenvalue weighted by Crippen LogP contribution is 2.41. The van der Waals surface area contributed by atoms with Gasteiger partial charge < -0.3 is 14.2 Å². The summed E-state index contributed by atoms with van der Waals surface area (Å²) in [5, 5.41) is 0.664. The summed E-state index contributed by atoms with van der Waals surface area (Å²) in [6.07, 6.45) is 0.797. The van der Waals surface area contributed by atoms with Crippen LogP contribution in [0.2, 0.25) is 5.02 Å². The van der Waals surface area contributed by atoms with Crippen molar-refractivity contribution >= 4 is 51.8 Å². The molecule has 184 valence electrons. The van der Waals surface area contributed by atoms with Crippen molar-refractivity contribution in [1.29, 1.82) is 0 Å². The van der Waals surface area contributed by atoms with Crippen LogP contribution >= 0.6 is 23.4 Å². The van der Waals surface area contributed by atoms with E-state index in [9.17, 15) is 9.59 Å². The van der Waals surface area contributed by atoms with Gasteiger partial charge in [0.05, 0.1) is 22.7 Å². The number of hydrogen-bond acceptors (Lipinski definition) is 4. The Morgan fingerprint density at radius 3 is 2.72 bits per heavy atom. The average Bonchev–Trinajstić information content (AvgIpc) is 3.42. The van der Waals surface area contributed by atoms with E-state index >= 15 is 4.39 Å². The number of ether oxygens (including phenoxy) is 1. The summed E-state index contributed by atoms with van der Waals surface area (Å²) in [7, 11) is 0. The normalized spacial score (nSPS) is 12.7. The number of amides is 1. The lowest BCUT2D eigenvalue weighted by Crippen LogP contribution is -2.32. The first-order valence-corrected chi connectivity index (χ1v) is 12.9. The van der Waals surface area contributed by atoms with Crippen molar-refractivity contribution in [2.45, 2.75) is 36.6 Å². The molecule has 1 aliphatic heterocycles. The Morgan fingerprint density at radius 2 is 1.92 bits per heavy atom. The molecular weight excluding hydrogens is 499 g/mol. The summed E-state index contributed by atoms with van der Waals surface area (Å²) in [6, 6.07) is 18.3. The van der Waals surface area contributed by atoms with E-state index in [1.165, 1.54) is 17.8 Å². The number of carbonyl (C=O) groups is 2. The van der Waals surface area contributed by atoms with Crippen molar-refractivity contribution in [3.05, 3.63) is 88.3 Å². The molecule has 0 atom stereocenters. The molecule has 36 heavy (non-hydrogen) atoms. The number of nitrogens with zero attached hydrogens (tertiary/aromatic N) is 2. The number of rotatable bonds is 6. The number of halogens is 2. The summed E-state index contributed by atoms with van der Waals surface area (Å²) in [4.78, 5) is 29.0. The first kappa shape index (κ1) is 24.4. The fourth-order valence-corrected chi connectivity index (χ4v) is 5.89. The van der Waals surface area contributed by atoms with Crippen LogP contribution in [0.15, 0.2) is 70.5 Å².